The third kappa shape index (κ3) is 3.91. The largest absolute Gasteiger partial charge is 0.319 e. The minimum Gasteiger partial charge on any atom is -0.319 e. The second-order valence-electron chi connectivity index (χ2n) is 7.83. The summed E-state index contributed by atoms with van der Waals surface area (Å²) in [5.41, 5.74) is 5.22. The van der Waals surface area contributed by atoms with Gasteiger partial charge in [0, 0.05) is 11.1 Å². The van der Waals surface area contributed by atoms with Crippen LogP contribution in [-0.2, 0) is 6.54 Å². The summed E-state index contributed by atoms with van der Waals surface area (Å²) in [6.45, 7) is 2.56. The van der Waals surface area contributed by atoms with Gasteiger partial charge in [0.15, 0.2) is 0 Å². The van der Waals surface area contributed by atoms with Crippen LogP contribution in [0.5, 0.6) is 0 Å². The van der Waals surface area contributed by atoms with Crippen molar-refractivity contribution in [3.05, 3.63) is 120 Å². The Balaban J connectivity index is 1.54. The van der Waals surface area contributed by atoms with Crippen LogP contribution in [-0.4, -0.2) is 15.7 Å². The Morgan fingerprint density at radius 1 is 0.812 bits per heavy atom. The first-order chi connectivity index (χ1) is 15.7. The Kier molecular flexibility index (Phi) is 5.26. The molecule has 0 saturated heterocycles. The molecule has 5 rings (SSSR count). The van der Waals surface area contributed by atoms with Crippen LogP contribution in [0.4, 0.5) is 5.69 Å². The minimum atomic E-state index is -0.143. The maximum atomic E-state index is 13.2. The monoisotopic (exact) mass is 417 g/mol. The average Bonchev–Trinajstić information content (AvgIpc) is 3.14. The Hall–Kier alpha value is -4.18. The van der Waals surface area contributed by atoms with Crippen molar-refractivity contribution >= 4 is 22.4 Å². The van der Waals surface area contributed by atoms with Crippen molar-refractivity contribution in [2.24, 2.45) is 0 Å². The summed E-state index contributed by atoms with van der Waals surface area (Å²) in [7, 11) is 0. The molecule has 32 heavy (non-hydrogen) atoms. The second-order valence-corrected chi connectivity index (χ2v) is 7.83. The van der Waals surface area contributed by atoms with Gasteiger partial charge in [0.25, 0.3) is 5.91 Å². The van der Waals surface area contributed by atoms with Crippen LogP contribution in [0, 0.1) is 6.92 Å². The molecule has 5 aromatic rings. The third-order valence-electron chi connectivity index (χ3n) is 5.60. The van der Waals surface area contributed by atoms with E-state index in [9.17, 15) is 4.79 Å². The third-order valence-corrected chi connectivity index (χ3v) is 5.60. The zero-order valence-corrected chi connectivity index (χ0v) is 17.8. The van der Waals surface area contributed by atoms with Crippen LogP contribution in [0.2, 0.25) is 0 Å². The summed E-state index contributed by atoms with van der Waals surface area (Å²) >= 11 is 0. The van der Waals surface area contributed by atoms with Crippen LogP contribution in [0.25, 0.3) is 22.0 Å². The van der Waals surface area contributed by atoms with Crippen molar-refractivity contribution < 1.29 is 4.79 Å². The SMILES string of the molecule is Cc1nn(Cc2ccccc2)c(-c2ccccc2)c1NC(=O)c1ccc2ccccc2c1. The number of amides is 1. The van der Waals surface area contributed by atoms with E-state index >= 15 is 0 Å². The fourth-order valence-corrected chi connectivity index (χ4v) is 4.01. The lowest BCUT2D eigenvalue weighted by Crippen LogP contribution is -2.13. The molecule has 0 spiro atoms. The van der Waals surface area contributed by atoms with Crippen LogP contribution >= 0.6 is 0 Å². The quantitative estimate of drug-likeness (QED) is 0.364. The van der Waals surface area contributed by atoms with E-state index in [1.165, 1.54) is 0 Å². The molecule has 4 nitrogen and oxygen atoms in total. The van der Waals surface area contributed by atoms with Gasteiger partial charge in [-0.3, -0.25) is 9.48 Å². The molecule has 1 aromatic heterocycles. The van der Waals surface area contributed by atoms with E-state index in [1.807, 2.05) is 103 Å². The van der Waals surface area contributed by atoms with Gasteiger partial charge in [0.05, 0.1) is 23.6 Å². The summed E-state index contributed by atoms with van der Waals surface area (Å²) < 4.78 is 1.97. The maximum absolute atomic E-state index is 13.2. The summed E-state index contributed by atoms with van der Waals surface area (Å²) in [4.78, 5) is 13.2. The number of nitrogens with zero attached hydrogens (tertiary/aromatic N) is 2. The molecule has 1 amide bonds. The van der Waals surface area contributed by atoms with Gasteiger partial charge in [-0.05, 0) is 35.4 Å². The number of hydrogen-bond donors (Lipinski definition) is 1. The number of aryl methyl sites for hydroxylation is 1. The summed E-state index contributed by atoms with van der Waals surface area (Å²) in [5, 5.41) is 10.1. The molecule has 0 unspecified atom stereocenters. The van der Waals surface area contributed by atoms with Crippen LogP contribution in [0.3, 0.4) is 0 Å². The highest BCUT2D eigenvalue weighted by Crippen LogP contribution is 2.32. The number of fused-ring (bicyclic) bond motifs is 1. The van der Waals surface area contributed by atoms with Gasteiger partial charge in [0.2, 0.25) is 0 Å². The first-order valence-electron chi connectivity index (χ1n) is 10.7. The predicted molar refractivity (Wildman–Crippen MR) is 130 cm³/mol. The molecule has 4 aromatic carbocycles. The van der Waals surface area contributed by atoms with Gasteiger partial charge < -0.3 is 5.32 Å². The molecule has 1 heterocycles. The van der Waals surface area contributed by atoms with E-state index in [4.69, 9.17) is 5.10 Å². The molecule has 0 aliphatic rings. The van der Waals surface area contributed by atoms with Gasteiger partial charge >= 0.3 is 0 Å². The van der Waals surface area contributed by atoms with Gasteiger partial charge in [-0.1, -0.05) is 91.0 Å². The maximum Gasteiger partial charge on any atom is 0.255 e. The first kappa shape index (κ1) is 19.8. The Bertz CT molecular complexity index is 1390. The first-order valence-corrected chi connectivity index (χ1v) is 10.7. The average molecular weight is 418 g/mol. The zero-order chi connectivity index (χ0) is 21.9. The van der Waals surface area contributed by atoms with Gasteiger partial charge in [-0.25, -0.2) is 0 Å². The Labute approximate surface area is 187 Å². The van der Waals surface area contributed by atoms with Gasteiger partial charge in [-0.15, -0.1) is 0 Å². The molecular weight excluding hydrogens is 394 g/mol. The molecule has 156 valence electrons. The van der Waals surface area contributed by atoms with Crippen molar-refractivity contribution in [2.75, 3.05) is 5.32 Å². The van der Waals surface area contributed by atoms with Gasteiger partial charge in [0.1, 0.15) is 0 Å². The molecule has 0 aliphatic heterocycles. The molecule has 0 bridgehead atoms. The van der Waals surface area contributed by atoms with Crippen molar-refractivity contribution in [3.8, 4) is 11.3 Å². The van der Waals surface area contributed by atoms with E-state index in [2.05, 4.69) is 17.4 Å². The number of carbonyl (C=O) groups is 1. The molecule has 0 aliphatic carbocycles. The standard InChI is InChI=1S/C28H23N3O/c1-20-26(29-28(32)25-17-16-22-12-8-9-15-24(22)18-25)27(23-13-6-3-7-14-23)31(30-20)19-21-10-4-2-5-11-21/h2-18H,19H2,1H3,(H,29,32). The van der Waals surface area contributed by atoms with Crippen molar-refractivity contribution in [3.63, 3.8) is 0 Å². The lowest BCUT2D eigenvalue weighted by molar-refractivity contribution is 0.102. The number of hydrogen-bond acceptors (Lipinski definition) is 2. The number of nitrogens with one attached hydrogen (secondary N) is 1. The molecule has 0 saturated carbocycles. The van der Waals surface area contributed by atoms with E-state index in [0.717, 1.165) is 39.0 Å². The molecular formula is C28H23N3O. The molecule has 4 heteroatoms. The summed E-state index contributed by atoms with van der Waals surface area (Å²) in [6.07, 6.45) is 0. The number of rotatable bonds is 5. The number of anilines is 1. The van der Waals surface area contributed by atoms with Gasteiger partial charge in [-0.2, -0.15) is 5.10 Å². The van der Waals surface area contributed by atoms with Crippen LogP contribution < -0.4 is 5.32 Å². The minimum absolute atomic E-state index is 0.143. The smallest absolute Gasteiger partial charge is 0.255 e. The highest BCUT2D eigenvalue weighted by atomic mass is 16.1. The highest BCUT2D eigenvalue weighted by Gasteiger charge is 2.20. The fourth-order valence-electron chi connectivity index (χ4n) is 4.01. The normalized spacial score (nSPS) is 10.9. The number of aromatic nitrogens is 2. The Morgan fingerprint density at radius 2 is 1.47 bits per heavy atom. The lowest BCUT2D eigenvalue weighted by atomic mass is 10.1. The number of benzene rings is 4. The highest BCUT2D eigenvalue weighted by molar-refractivity contribution is 6.08. The van der Waals surface area contributed by atoms with E-state index < -0.39 is 0 Å². The lowest BCUT2D eigenvalue weighted by Gasteiger charge is -2.12. The van der Waals surface area contributed by atoms with Crippen molar-refractivity contribution in [1.29, 1.82) is 0 Å². The summed E-state index contributed by atoms with van der Waals surface area (Å²) in [5.74, 6) is -0.143. The number of carbonyl (C=O) groups excluding carboxylic acids is 1. The molecule has 1 N–H and O–H groups in total. The zero-order valence-electron chi connectivity index (χ0n) is 17.8. The molecule has 0 radical (unpaired) electrons. The van der Waals surface area contributed by atoms with Crippen molar-refractivity contribution in [1.82, 2.24) is 9.78 Å². The summed E-state index contributed by atoms with van der Waals surface area (Å²) in [6, 6.07) is 34.1. The fraction of sp³-hybridized carbons (Fsp3) is 0.0714. The molecule has 0 fully saturated rings. The second kappa shape index (κ2) is 8.52. The topological polar surface area (TPSA) is 46.9 Å². The van der Waals surface area contributed by atoms with Crippen molar-refractivity contribution in [2.45, 2.75) is 13.5 Å². The van der Waals surface area contributed by atoms with E-state index in [0.29, 0.717) is 12.1 Å². The van der Waals surface area contributed by atoms with E-state index in [1.54, 1.807) is 0 Å². The molecule has 0 atom stereocenters. The van der Waals surface area contributed by atoms with E-state index in [-0.39, 0.29) is 5.91 Å². The van der Waals surface area contributed by atoms with Crippen LogP contribution in [0.1, 0.15) is 21.6 Å². The van der Waals surface area contributed by atoms with Crippen LogP contribution in [0.15, 0.2) is 103 Å². The predicted octanol–water partition coefficient (Wildman–Crippen LogP) is 6.31. The Morgan fingerprint density at radius 3 is 2.22 bits per heavy atom.